The summed E-state index contributed by atoms with van der Waals surface area (Å²) in [5, 5.41) is 0. The summed E-state index contributed by atoms with van der Waals surface area (Å²) in [5.41, 5.74) is 6.85. The smallest absolute Gasteiger partial charge is 0.329 e. The van der Waals surface area contributed by atoms with E-state index in [-0.39, 0.29) is 17.8 Å². The number of nitrogen functional groups attached to an aromatic ring is 1. The van der Waals surface area contributed by atoms with Crippen LogP contribution in [0.15, 0.2) is 38.3 Å². The third-order valence-electron chi connectivity index (χ3n) is 4.69. The number of nitrogens with two attached hydrogens (primary N) is 1. The topological polar surface area (TPSA) is 93.3 Å². The minimum Gasteiger partial charge on any atom is -0.385 e. The van der Waals surface area contributed by atoms with Crippen LogP contribution in [0.5, 0.6) is 0 Å². The molecule has 0 aliphatic carbocycles. The number of hydrogen-bond acceptors (Lipinski definition) is 5. The highest BCUT2D eigenvalue weighted by Gasteiger charge is 2.30. The number of benzene rings is 1. The fourth-order valence-corrected chi connectivity index (χ4v) is 3.72. The van der Waals surface area contributed by atoms with E-state index >= 15 is 0 Å². The van der Waals surface area contributed by atoms with Crippen molar-refractivity contribution in [1.29, 1.82) is 0 Å². The molecule has 1 unspecified atom stereocenters. The lowest BCUT2D eigenvalue weighted by molar-refractivity contribution is 0.0237. The van der Waals surface area contributed by atoms with Crippen LogP contribution in [0.4, 0.5) is 5.82 Å². The third kappa shape index (κ3) is 4.34. The van der Waals surface area contributed by atoms with Crippen molar-refractivity contribution >= 4 is 21.7 Å². The van der Waals surface area contributed by atoms with Crippen molar-refractivity contribution in [2.45, 2.75) is 26.4 Å². The van der Waals surface area contributed by atoms with E-state index in [4.69, 9.17) is 10.5 Å². The van der Waals surface area contributed by atoms with Crippen LogP contribution in [0, 0.1) is 5.92 Å². The van der Waals surface area contributed by atoms with Crippen LogP contribution in [-0.4, -0.2) is 40.8 Å². The van der Waals surface area contributed by atoms with Gasteiger partial charge >= 0.3 is 5.69 Å². The lowest BCUT2D eigenvalue weighted by Gasteiger charge is -2.35. The van der Waals surface area contributed by atoms with Gasteiger partial charge in [0.2, 0.25) is 0 Å². The number of anilines is 1. The van der Waals surface area contributed by atoms with E-state index in [0.29, 0.717) is 38.4 Å². The van der Waals surface area contributed by atoms with Crippen LogP contribution >= 0.6 is 15.9 Å². The molecule has 7 nitrogen and oxygen atoms in total. The summed E-state index contributed by atoms with van der Waals surface area (Å²) in [7, 11) is 0. The highest BCUT2D eigenvalue weighted by Crippen LogP contribution is 2.31. The molecule has 3 N–H and O–H groups in total. The molecular formula is C19H25BrN4O3. The zero-order valence-electron chi connectivity index (χ0n) is 15.6. The SMILES string of the molecule is CC(C)Cn1c(N)c(C(c2ccc(Br)cc2)N2CCOCC2)c(=O)[nH]c1=O. The summed E-state index contributed by atoms with van der Waals surface area (Å²) in [4.78, 5) is 29.8. The van der Waals surface area contributed by atoms with Crippen molar-refractivity contribution in [3.05, 3.63) is 60.7 Å². The van der Waals surface area contributed by atoms with Crippen LogP contribution in [0.3, 0.4) is 0 Å². The Morgan fingerprint density at radius 2 is 1.81 bits per heavy atom. The Hall–Kier alpha value is -1.90. The molecule has 3 rings (SSSR count). The second-order valence-electron chi connectivity index (χ2n) is 7.17. The zero-order chi connectivity index (χ0) is 19.6. The predicted molar refractivity (Wildman–Crippen MR) is 109 cm³/mol. The number of aromatic amines is 1. The normalized spacial score (nSPS) is 16.6. The van der Waals surface area contributed by atoms with Gasteiger partial charge in [-0.05, 0) is 23.6 Å². The number of nitrogens with zero attached hydrogens (tertiary/aromatic N) is 2. The van der Waals surface area contributed by atoms with Gasteiger partial charge in [0.1, 0.15) is 5.82 Å². The first-order valence-corrected chi connectivity index (χ1v) is 9.87. The maximum absolute atomic E-state index is 12.8. The standard InChI is InChI=1S/C19H25BrN4O3/c1-12(2)11-24-17(21)15(18(25)22-19(24)26)16(23-7-9-27-10-8-23)13-3-5-14(20)6-4-13/h3-6,12,16H,7-11,21H2,1-2H3,(H,22,25,26). The molecule has 0 amide bonds. The first kappa shape index (κ1) is 19.9. The minimum absolute atomic E-state index is 0.221. The predicted octanol–water partition coefficient (Wildman–Crippen LogP) is 1.96. The van der Waals surface area contributed by atoms with Gasteiger partial charge in [-0.25, -0.2) is 4.79 Å². The van der Waals surface area contributed by atoms with E-state index in [2.05, 4.69) is 25.8 Å². The van der Waals surface area contributed by atoms with E-state index in [1.54, 1.807) is 0 Å². The quantitative estimate of drug-likeness (QED) is 0.746. The molecule has 1 aliphatic heterocycles. The molecule has 0 saturated carbocycles. The Kier molecular flexibility index (Phi) is 6.18. The number of hydrogen-bond donors (Lipinski definition) is 2. The van der Waals surface area contributed by atoms with Crippen LogP contribution in [0.1, 0.15) is 31.0 Å². The number of H-pyrrole nitrogens is 1. The van der Waals surface area contributed by atoms with Gasteiger partial charge in [-0.1, -0.05) is 41.9 Å². The third-order valence-corrected chi connectivity index (χ3v) is 5.22. The van der Waals surface area contributed by atoms with Gasteiger partial charge in [-0.3, -0.25) is 19.2 Å². The highest BCUT2D eigenvalue weighted by molar-refractivity contribution is 9.10. The lowest BCUT2D eigenvalue weighted by Crippen LogP contribution is -2.44. The Balaban J connectivity index is 2.18. The summed E-state index contributed by atoms with van der Waals surface area (Å²) in [6.45, 7) is 7.01. The Bertz CT molecular complexity index is 899. The van der Waals surface area contributed by atoms with Gasteiger partial charge in [0.15, 0.2) is 0 Å². The molecule has 1 saturated heterocycles. The Morgan fingerprint density at radius 3 is 2.41 bits per heavy atom. The van der Waals surface area contributed by atoms with Crippen molar-refractivity contribution in [1.82, 2.24) is 14.5 Å². The van der Waals surface area contributed by atoms with Gasteiger partial charge in [-0.15, -0.1) is 0 Å². The number of morpholine rings is 1. The van der Waals surface area contributed by atoms with Crippen molar-refractivity contribution in [3.63, 3.8) is 0 Å². The average molecular weight is 437 g/mol. The van der Waals surface area contributed by atoms with Crippen molar-refractivity contribution in [3.8, 4) is 0 Å². The maximum atomic E-state index is 12.8. The van der Waals surface area contributed by atoms with Crippen molar-refractivity contribution in [2.75, 3.05) is 32.0 Å². The molecule has 27 heavy (non-hydrogen) atoms. The largest absolute Gasteiger partial charge is 0.385 e. The van der Waals surface area contributed by atoms with E-state index in [0.717, 1.165) is 10.0 Å². The maximum Gasteiger partial charge on any atom is 0.329 e. The summed E-state index contributed by atoms with van der Waals surface area (Å²) >= 11 is 3.45. The average Bonchev–Trinajstić information content (AvgIpc) is 2.64. The minimum atomic E-state index is -0.466. The fraction of sp³-hybridized carbons (Fsp3) is 0.474. The Morgan fingerprint density at radius 1 is 1.19 bits per heavy atom. The number of halogens is 1. The van der Waals surface area contributed by atoms with Gasteiger partial charge in [-0.2, -0.15) is 0 Å². The second kappa shape index (κ2) is 8.41. The number of nitrogens with one attached hydrogen (secondary N) is 1. The molecule has 8 heteroatoms. The summed E-state index contributed by atoms with van der Waals surface area (Å²) in [6.07, 6.45) is 0. The highest BCUT2D eigenvalue weighted by atomic mass is 79.9. The van der Waals surface area contributed by atoms with Crippen LogP contribution in [-0.2, 0) is 11.3 Å². The molecule has 1 fully saturated rings. The van der Waals surface area contributed by atoms with E-state index < -0.39 is 11.2 Å². The molecule has 1 aliphatic rings. The van der Waals surface area contributed by atoms with Crippen molar-refractivity contribution in [2.24, 2.45) is 5.92 Å². The van der Waals surface area contributed by atoms with Gasteiger partial charge in [0, 0.05) is 24.1 Å². The molecule has 2 aromatic rings. The molecular weight excluding hydrogens is 412 g/mol. The van der Waals surface area contributed by atoms with E-state index in [9.17, 15) is 9.59 Å². The van der Waals surface area contributed by atoms with Gasteiger partial charge in [0.05, 0.1) is 24.8 Å². The van der Waals surface area contributed by atoms with Crippen LogP contribution in [0.25, 0.3) is 0 Å². The second-order valence-corrected chi connectivity index (χ2v) is 8.08. The summed E-state index contributed by atoms with van der Waals surface area (Å²) in [6, 6.07) is 7.49. The molecule has 0 radical (unpaired) electrons. The fourth-order valence-electron chi connectivity index (χ4n) is 3.45. The molecule has 0 spiro atoms. The molecule has 1 aromatic heterocycles. The van der Waals surface area contributed by atoms with Crippen LogP contribution < -0.4 is 17.0 Å². The number of rotatable bonds is 5. The molecule has 146 valence electrons. The summed E-state index contributed by atoms with van der Waals surface area (Å²) < 4.78 is 7.90. The number of ether oxygens (including phenoxy) is 1. The van der Waals surface area contributed by atoms with Gasteiger partial charge in [0.25, 0.3) is 5.56 Å². The number of aromatic nitrogens is 2. The Labute approximate surface area is 166 Å². The van der Waals surface area contributed by atoms with E-state index in [1.807, 2.05) is 38.1 Å². The zero-order valence-corrected chi connectivity index (χ0v) is 17.2. The summed E-state index contributed by atoms with van der Waals surface area (Å²) in [5.74, 6) is 0.454. The molecule has 1 aromatic carbocycles. The monoisotopic (exact) mass is 436 g/mol. The molecule has 0 bridgehead atoms. The van der Waals surface area contributed by atoms with Gasteiger partial charge < -0.3 is 10.5 Å². The lowest BCUT2D eigenvalue weighted by atomic mass is 9.97. The molecule has 2 heterocycles. The first-order valence-electron chi connectivity index (χ1n) is 9.08. The molecule has 1 atom stereocenters. The van der Waals surface area contributed by atoms with E-state index in [1.165, 1.54) is 4.57 Å². The van der Waals surface area contributed by atoms with Crippen molar-refractivity contribution < 1.29 is 4.74 Å². The van der Waals surface area contributed by atoms with Crippen LogP contribution in [0.2, 0.25) is 0 Å². The first-order chi connectivity index (χ1) is 12.9.